The summed E-state index contributed by atoms with van der Waals surface area (Å²) in [5.74, 6) is 0.885. The number of nitrogens with two attached hydrogens (primary N) is 1. The van der Waals surface area contributed by atoms with Gasteiger partial charge in [0.1, 0.15) is 11.6 Å². The van der Waals surface area contributed by atoms with Crippen molar-refractivity contribution in [1.82, 2.24) is 14.9 Å². The lowest BCUT2D eigenvalue weighted by Gasteiger charge is -2.22. The third kappa shape index (κ3) is 5.98. The highest BCUT2D eigenvalue weighted by Gasteiger charge is 2.19. The summed E-state index contributed by atoms with van der Waals surface area (Å²) in [5.41, 5.74) is 7.90. The molecule has 33 heavy (non-hydrogen) atoms. The molecule has 0 bridgehead atoms. The number of rotatable bonds is 9. The van der Waals surface area contributed by atoms with Gasteiger partial charge in [-0.3, -0.25) is 9.59 Å². The topological polar surface area (TPSA) is 98.4 Å². The monoisotopic (exact) mass is 528 g/mol. The minimum Gasteiger partial charge on any atom is -0.384 e. The molecule has 1 amide bonds. The number of thioether (sulfide) groups is 1. The summed E-state index contributed by atoms with van der Waals surface area (Å²) in [4.78, 5) is 35.9. The Balaban J connectivity index is 1.94. The quantitative estimate of drug-likeness (QED) is 0.386. The molecule has 0 aliphatic carbocycles. The van der Waals surface area contributed by atoms with E-state index in [0.29, 0.717) is 41.5 Å². The van der Waals surface area contributed by atoms with E-state index in [-0.39, 0.29) is 11.7 Å². The number of ether oxygens (including phenoxy) is 1. The second-order valence-corrected chi connectivity index (χ2v) is 9.26. The standard InChI is InChI=1S/C24H25BrN4O3S/c1-15(29(14-30)13-17-12-27-16(2)28-23(17)26)22(10-11-32-3)33-24(31)20-8-4-7-19-18(20)6-5-9-21(19)25/h4-9,12,14H,10-11,13H2,1-3H3,(H2,26,27,28)/b22-15-. The second kappa shape index (κ2) is 11.4. The van der Waals surface area contributed by atoms with Crippen molar-refractivity contribution in [3.8, 4) is 0 Å². The lowest BCUT2D eigenvalue weighted by atomic mass is 10.1. The third-order valence-electron chi connectivity index (χ3n) is 5.16. The van der Waals surface area contributed by atoms with E-state index in [1.807, 2.05) is 43.3 Å². The zero-order chi connectivity index (χ0) is 24.0. The van der Waals surface area contributed by atoms with Gasteiger partial charge in [0.05, 0.1) is 13.2 Å². The van der Waals surface area contributed by atoms with E-state index < -0.39 is 0 Å². The SMILES string of the molecule is COCC/C(SC(=O)c1cccc2c(Br)cccc12)=C(\C)N(C=O)Cc1cnc(C)nc1N. The van der Waals surface area contributed by atoms with E-state index in [0.717, 1.165) is 38.3 Å². The molecule has 2 aromatic carbocycles. The number of methoxy groups -OCH3 is 1. The average molecular weight is 529 g/mol. The Bertz CT molecular complexity index is 1220. The van der Waals surface area contributed by atoms with Crippen molar-refractivity contribution in [3.05, 3.63) is 74.6 Å². The van der Waals surface area contributed by atoms with Gasteiger partial charge in [0.15, 0.2) is 0 Å². The number of carbonyl (C=O) groups excluding carboxylic acids is 2. The second-order valence-electron chi connectivity index (χ2n) is 7.34. The summed E-state index contributed by atoms with van der Waals surface area (Å²) in [6.07, 6.45) is 2.82. The summed E-state index contributed by atoms with van der Waals surface area (Å²) in [7, 11) is 1.60. The fourth-order valence-electron chi connectivity index (χ4n) is 3.33. The highest BCUT2D eigenvalue weighted by Crippen LogP contribution is 2.33. The number of benzene rings is 2. The lowest BCUT2D eigenvalue weighted by Crippen LogP contribution is -2.22. The summed E-state index contributed by atoms with van der Waals surface area (Å²) in [5, 5.41) is 1.73. The van der Waals surface area contributed by atoms with Crippen molar-refractivity contribution in [3.63, 3.8) is 0 Å². The van der Waals surface area contributed by atoms with Crippen LogP contribution in [0.15, 0.2) is 57.7 Å². The molecule has 2 N–H and O–H groups in total. The van der Waals surface area contributed by atoms with Crippen LogP contribution in [0.3, 0.4) is 0 Å². The summed E-state index contributed by atoms with van der Waals surface area (Å²) in [6, 6.07) is 11.4. The zero-order valence-electron chi connectivity index (χ0n) is 18.7. The molecule has 172 valence electrons. The molecule has 0 aliphatic heterocycles. The smallest absolute Gasteiger partial charge is 0.224 e. The predicted molar refractivity (Wildman–Crippen MR) is 136 cm³/mol. The number of allylic oxidation sites excluding steroid dienone is 1. The number of carbonyl (C=O) groups is 2. The van der Waals surface area contributed by atoms with Gasteiger partial charge in [-0.1, -0.05) is 40.2 Å². The molecule has 1 heterocycles. The van der Waals surface area contributed by atoms with E-state index in [1.54, 1.807) is 20.2 Å². The molecule has 0 saturated heterocycles. The number of aryl methyl sites for hydroxylation is 1. The van der Waals surface area contributed by atoms with E-state index in [2.05, 4.69) is 25.9 Å². The molecule has 0 spiro atoms. The van der Waals surface area contributed by atoms with Gasteiger partial charge in [-0.15, -0.1) is 0 Å². The van der Waals surface area contributed by atoms with Crippen molar-refractivity contribution in [2.75, 3.05) is 19.5 Å². The molecule has 0 fully saturated rings. The number of anilines is 1. The predicted octanol–water partition coefficient (Wildman–Crippen LogP) is 5.08. The van der Waals surface area contributed by atoms with Gasteiger partial charge in [-0.25, -0.2) is 9.97 Å². The van der Waals surface area contributed by atoms with Crippen LogP contribution in [0.1, 0.15) is 35.1 Å². The van der Waals surface area contributed by atoms with Gasteiger partial charge in [-0.05, 0) is 48.5 Å². The van der Waals surface area contributed by atoms with E-state index in [9.17, 15) is 9.59 Å². The van der Waals surface area contributed by atoms with Gasteiger partial charge in [0.25, 0.3) is 0 Å². The Labute approximate surface area is 205 Å². The van der Waals surface area contributed by atoms with Gasteiger partial charge in [0, 0.05) is 45.9 Å². The number of nitrogens with zero attached hydrogens (tertiary/aromatic N) is 3. The molecular weight excluding hydrogens is 504 g/mol. The maximum Gasteiger partial charge on any atom is 0.224 e. The van der Waals surface area contributed by atoms with E-state index >= 15 is 0 Å². The van der Waals surface area contributed by atoms with Crippen LogP contribution in [-0.2, 0) is 16.1 Å². The molecule has 1 aromatic heterocycles. The minimum atomic E-state index is -0.104. The Hall–Kier alpha value is -2.75. The minimum absolute atomic E-state index is 0.104. The third-order valence-corrected chi connectivity index (χ3v) is 7.00. The summed E-state index contributed by atoms with van der Waals surface area (Å²) in [6.45, 7) is 4.18. The van der Waals surface area contributed by atoms with Crippen LogP contribution in [0.2, 0.25) is 0 Å². The first-order valence-corrected chi connectivity index (χ1v) is 11.8. The molecule has 0 atom stereocenters. The van der Waals surface area contributed by atoms with Gasteiger partial charge < -0.3 is 15.4 Å². The molecular formula is C24H25BrN4O3S. The Morgan fingerprint density at radius 3 is 2.67 bits per heavy atom. The molecule has 3 rings (SSSR count). The van der Waals surface area contributed by atoms with Gasteiger partial charge >= 0.3 is 0 Å². The van der Waals surface area contributed by atoms with Crippen LogP contribution in [0.4, 0.5) is 5.82 Å². The number of nitrogen functional groups attached to an aromatic ring is 1. The van der Waals surface area contributed by atoms with Crippen LogP contribution in [0.5, 0.6) is 0 Å². The fourth-order valence-corrected chi connectivity index (χ4v) is 4.79. The van der Waals surface area contributed by atoms with Crippen molar-refractivity contribution < 1.29 is 14.3 Å². The number of fused-ring (bicyclic) bond motifs is 1. The number of hydrogen-bond acceptors (Lipinski definition) is 7. The Morgan fingerprint density at radius 1 is 1.24 bits per heavy atom. The highest BCUT2D eigenvalue weighted by molar-refractivity contribution is 9.10. The first-order chi connectivity index (χ1) is 15.8. The first-order valence-electron chi connectivity index (χ1n) is 10.2. The molecule has 0 unspecified atom stereocenters. The van der Waals surface area contributed by atoms with E-state index in [4.69, 9.17) is 10.5 Å². The normalized spacial score (nSPS) is 11.9. The average Bonchev–Trinajstić information content (AvgIpc) is 2.80. The van der Waals surface area contributed by atoms with Gasteiger partial charge in [0.2, 0.25) is 11.5 Å². The molecule has 7 nitrogen and oxygen atoms in total. The summed E-state index contributed by atoms with van der Waals surface area (Å²) >= 11 is 4.66. The van der Waals surface area contributed by atoms with Crippen molar-refractivity contribution in [1.29, 1.82) is 0 Å². The largest absolute Gasteiger partial charge is 0.384 e. The molecule has 3 aromatic rings. The maximum absolute atomic E-state index is 13.3. The number of hydrogen-bond donors (Lipinski definition) is 1. The van der Waals surface area contributed by atoms with Crippen molar-refractivity contribution in [2.24, 2.45) is 0 Å². The Kier molecular flexibility index (Phi) is 8.60. The van der Waals surface area contributed by atoms with Crippen LogP contribution in [0, 0.1) is 6.92 Å². The molecule has 0 saturated carbocycles. The summed E-state index contributed by atoms with van der Waals surface area (Å²) < 4.78 is 6.17. The first kappa shape index (κ1) is 24.9. The van der Waals surface area contributed by atoms with Crippen LogP contribution in [-0.4, -0.2) is 40.1 Å². The number of amides is 1. The van der Waals surface area contributed by atoms with Gasteiger partial charge in [-0.2, -0.15) is 0 Å². The van der Waals surface area contributed by atoms with Crippen LogP contribution < -0.4 is 5.73 Å². The number of aromatic nitrogens is 2. The lowest BCUT2D eigenvalue weighted by molar-refractivity contribution is -0.116. The van der Waals surface area contributed by atoms with E-state index in [1.165, 1.54) is 4.90 Å². The van der Waals surface area contributed by atoms with Crippen molar-refractivity contribution in [2.45, 2.75) is 26.8 Å². The number of halogens is 1. The zero-order valence-corrected chi connectivity index (χ0v) is 21.1. The molecule has 0 aliphatic rings. The Morgan fingerprint density at radius 2 is 1.97 bits per heavy atom. The fraction of sp³-hybridized carbons (Fsp3) is 0.250. The molecule has 0 radical (unpaired) electrons. The van der Waals surface area contributed by atoms with Crippen molar-refractivity contribution >= 4 is 55.8 Å². The maximum atomic E-state index is 13.3. The van der Waals surface area contributed by atoms with Crippen LogP contribution in [0.25, 0.3) is 10.8 Å². The van der Waals surface area contributed by atoms with Crippen LogP contribution >= 0.6 is 27.7 Å². The highest BCUT2D eigenvalue weighted by atomic mass is 79.9. The molecule has 9 heteroatoms.